The van der Waals surface area contributed by atoms with Gasteiger partial charge in [-0.15, -0.1) is 6.58 Å². The van der Waals surface area contributed by atoms with Crippen LogP contribution < -0.4 is 9.47 Å². The highest BCUT2D eigenvalue weighted by atomic mass is 16.5. The molecular formula is C20H26O4. The van der Waals surface area contributed by atoms with Crippen LogP contribution in [0.5, 0.6) is 11.5 Å². The van der Waals surface area contributed by atoms with E-state index >= 15 is 0 Å². The number of rotatable bonds is 11. The summed E-state index contributed by atoms with van der Waals surface area (Å²) in [5.74, 6) is 1.59. The Morgan fingerprint density at radius 2 is 1.71 bits per heavy atom. The van der Waals surface area contributed by atoms with Crippen LogP contribution in [0.1, 0.15) is 19.8 Å². The zero-order valence-electron chi connectivity index (χ0n) is 14.2. The van der Waals surface area contributed by atoms with E-state index in [-0.39, 0.29) is 13.2 Å². The molecule has 2 rings (SSSR count). The number of aliphatic hydroxyl groups excluding tert-OH is 1. The van der Waals surface area contributed by atoms with E-state index in [0.717, 1.165) is 35.1 Å². The van der Waals surface area contributed by atoms with Crippen molar-refractivity contribution in [2.24, 2.45) is 0 Å². The molecule has 4 nitrogen and oxygen atoms in total. The minimum Gasteiger partial charge on any atom is -0.493 e. The van der Waals surface area contributed by atoms with E-state index in [4.69, 9.17) is 14.2 Å². The van der Waals surface area contributed by atoms with Crippen molar-refractivity contribution in [1.29, 1.82) is 0 Å². The van der Waals surface area contributed by atoms with Crippen LogP contribution >= 0.6 is 0 Å². The molecule has 0 fully saturated rings. The molecule has 1 atom stereocenters. The van der Waals surface area contributed by atoms with Crippen LogP contribution in [-0.2, 0) is 4.74 Å². The lowest BCUT2D eigenvalue weighted by atomic mass is 10.1. The molecule has 1 unspecified atom stereocenters. The summed E-state index contributed by atoms with van der Waals surface area (Å²) >= 11 is 0. The number of ether oxygens (including phenoxy) is 3. The summed E-state index contributed by atoms with van der Waals surface area (Å²) in [6.45, 7) is 7.24. The second kappa shape index (κ2) is 9.96. The smallest absolute Gasteiger partial charge is 0.127 e. The third-order valence-electron chi connectivity index (χ3n) is 3.58. The summed E-state index contributed by atoms with van der Waals surface area (Å²) in [5, 5.41) is 11.9. The maximum atomic E-state index is 9.90. The molecule has 0 aliphatic rings. The van der Waals surface area contributed by atoms with Crippen molar-refractivity contribution in [3.63, 3.8) is 0 Å². The van der Waals surface area contributed by atoms with Gasteiger partial charge in [0.15, 0.2) is 0 Å². The number of hydrogen-bond donors (Lipinski definition) is 1. The van der Waals surface area contributed by atoms with E-state index in [1.54, 1.807) is 6.08 Å². The van der Waals surface area contributed by atoms with Gasteiger partial charge in [-0.05, 0) is 18.6 Å². The number of fused-ring (bicyclic) bond motifs is 1. The van der Waals surface area contributed by atoms with Crippen LogP contribution in [0.2, 0.25) is 0 Å². The molecule has 0 heterocycles. The van der Waals surface area contributed by atoms with E-state index in [1.165, 1.54) is 0 Å². The molecule has 4 heteroatoms. The molecule has 0 aromatic heterocycles. The van der Waals surface area contributed by atoms with Gasteiger partial charge in [0.1, 0.15) is 24.2 Å². The van der Waals surface area contributed by atoms with Gasteiger partial charge in [-0.1, -0.05) is 43.7 Å². The highest BCUT2D eigenvalue weighted by Crippen LogP contribution is 2.33. The predicted molar refractivity (Wildman–Crippen MR) is 96.9 cm³/mol. The Morgan fingerprint density at radius 1 is 1.04 bits per heavy atom. The van der Waals surface area contributed by atoms with Gasteiger partial charge in [-0.25, -0.2) is 0 Å². The Hall–Kier alpha value is -2.04. The Kier molecular flexibility index (Phi) is 7.59. The fraction of sp³-hybridized carbons (Fsp3) is 0.400. The van der Waals surface area contributed by atoms with Crippen molar-refractivity contribution in [2.45, 2.75) is 25.9 Å². The molecule has 0 aliphatic heterocycles. The van der Waals surface area contributed by atoms with Crippen LogP contribution in [0.3, 0.4) is 0 Å². The Morgan fingerprint density at radius 3 is 2.33 bits per heavy atom. The van der Waals surface area contributed by atoms with E-state index in [0.29, 0.717) is 13.2 Å². The summed E-state index contributed by atoms with van der Waals surface area (Å²) < 4.78 is 16.9. The third kappa shape index (κ3) is 5.25. The molecule has 0 saturated heterocycles. The summed E-state index contributed by atoms with van der Waals surface area (Å²) in [6, 6.07) is 11.8. The van der Waals surface area contributed by atoms with Gasteiger partial charge in [0, 0.05) is 10.8 Å². The second-order valence-electron chi connectivity index (χ2n) is 5.60. The minimum atomic E-state index is -0.677. The fourth-order valence-electron chi connectivity index (χ4n) is 2.34. The quantitative estimate of drug-likeness (QED) is 0.500. The Balaban J connectivity index is 2.05. The molecular weight excluding hydrogens is 304 g/mol. The van der Waals surface area contributed by atoms with E-state index in [9.17, 15) is 5.11 Å². The number of aliphatic hydroxyl groups is 1. The summed E-state index contributed by atoms with van der Waals surface area (Å²) in [6.07, 6.45) is 3.11. The number of benzene rings is 2. The molecule has 0 amide bonds. The molecule has 0 aliphatic carbocycles. The summed E-state index contributed by atoms with van der Waals surface area (Å²) in [5.41, 5.74) is 0. The van der Waals surface area contributed by atoms with Gasteiger partial charge in [0.25, 0.3) is 0 Å². The summed E-state index contributed by atoms with van der Waals surface area (Å²) in [7, 11) is 0. The second-order valence-corrected chi connectivity index (χ2v) is 5.60. The van der Waals surface area contributed by atoms with Gasteiger partial charge in [-0.3, -0.25) is 0 Å². The predicted octanol–water partition coefficient (Wildman–Crippen LogP) is 3.96. The van der Waals surface area contributed by atoms with Crippen LogP contribution in [0.4, 0.5) is 0 Å². The van der Waals surface area contributed by atoms with Crippen molar-refractivity contribution in [3.05, 3.63) is 49.1 Å². The largest absolute Gasteiger partial charge is 0.493 e. The molecule has 2 aromatic carbocycles. The van der Waals surface area contributed by atoms with Gasteiger partial charge in [0.05, 0.1) is 19.8 Å². The average Bonchev–Trinajstić information content (AvgIpc) is 2.61. The molecule has 24 heavy (non-hydrogen) atoms. The first-order valence-electron chi connectivity index (χ1n) is 8.40. The fourth-order valence-corrected chi connectivity index (χ4v) is 2.34. The van der Waals surface area contributed by atoms with Crippen molar-refractivity contribution < 1.29 is 19.3 Å². The maximum absolute atomic E-state index is 9.90. The highest BCUT2D eigenvalue weighted by Gasteiger charge is 2.10. The average molecular weight is 330 g/mol. The zero-order chi connectivity index (χ0) is 17.2. The normalized spacial score (nSPS) is 12.1. The first kappa shape index (κ1) is 18.3. The number of hydrogen-bond acceptors (Lipinski definition) is 4. The van der Waals surface area contributed by atoms with Crippen molar-refractivity contribution in [1.82, 2.24) is 0 Å². The number of unbranched alkanes of at least 4 members (excludes halogenated alkanes) is 1. The van der Waals surface area contributed by atoms with Crippen LogP contribution in [0.25, 0.3) is 10.8 Å². The lowest BCUT2D eigenvalue weighted by Crippen LogP contribution is -2.23. The van der Waals surface area contributed by atoms with Gasteiger partial charge in [0.2, 0.25) is 0 Å². The van der Waals surface area contributed by atoms with E-state index < -0.39 is 6.10 Å². The van der Waals surface area contributed by atoms with Gasteiger partial charge >= 0.3 is 0 Å². The monoisotopic (exact) mass is 330 g/mol. The van der Waals surface area contributed by atoms with E-state index in [2.05, 4.69) is 13.5 Å². The molecule has 0 saturated carbocycles. The van der Waals surface area contributed by atoms with Gasteiger partial charge < -0.3 is 19.3 Å². The molecule has 0 bridgehead atoms. The van der Waals surface area contributed by atoms with Crippen molar-refractivity contribution in [3.8, 4) is 11.5 Å². The van der Waals surface area contributed by atoms with Gasteiger partial charge in [-0.2, -0.15) is 0 Å². The minimum absolute atomic E-state index is 0.178. The lowest BCUT2D eigenvalue weighted by Gasteiger charge is -2.15. The Labute approximate surface area is 143 Å². The van der Waals surface area contributed by atoms with Crippen LogP contribution in [-0.4, -0.2) is 37.6 Å². The third-order valence-corrected chi connectivity index (χ3v) is 3.58. The van der Waals surface area contributed by atoms with Crippen LogP contribution in [0.15, 0.2) is 49.1 Å². The lowest BCUT2D eigenvalue weighted by molar-refractivity contribution is 0.0217. The molecule has 0 spiro atoms. The van der Waals surface area contributed by atoms with E-state index in [1.807, 2.05) is 36.4 Å². The van der Waals surface area contributed by atoms with Crippen molar-refractivity contribution in [2.75, 3.05) is 26.4 Å². The molecule has 1 N–H and O–H groups in total. The van der Waals surface area contributed by atoms with Crippen molar-refractivity contribution >= 4 is 10.8 Å². The molecule has 0 radical (unpaired) electrons. The summed E-state index contributed by atoms with van der Waals surface area (Å²) in [4.78, 5) is 0. The standard InChI is InChI=1S/C20H26O4/c1-3-5-13-23-19-10-11-20(18-9-7-6-8-17(18)19)24-15-16(21)14-22-12-4-2/h4,6-11,16,21H,2-3,5,12-15H2,1H3. The molecule has 130 valence electrons. The highest BCUT2D eigenvalue weighted by molar-refractivity contribution is 5.93. The maximum Gasteiger partial charge on any atom is 0.127 e. The first-order chi connectivity index (χ1) is 11.8. The first-order valence-corrected chi connectivity index (χ1v) is 8.40. The zero-order valence-corrected chi connectivity index (χ0v) is 14.2. The molecule has 2 aromatic rings. The van der Waals surface area contributed by atoms with Crippen LogP contribution in [0, 0.1) is 0 Å². The topological polar surface area (TPSA) is 47.9 Å². The Bertz CT molecular complexity index is 639. The SMILES string of the molecule is C=CCOCC(O)COc1ccc(OCCCC)c2ccccc12.